The standard InChI is InChI=1S/C36H40F2N6O2/c1-3-27-6-4-5-7-32(21-33(27)46-24-26-20-25(2)39-22-26)42-16-18-43(19-17-42)34(45)23-44-36(29-10-14-31(38)15-11-29)40-35(41-44)28-8-12-30(37)13-9-28/h6-15,21,26H,3-5,16-20,22-24H2,1-2H3. The molecule has 0 bridgehead atoms. The van der Waals surface area contributed by atoms with Crippen LogP contribution in [0.3, 0.4) is 0 Å². The molecule has 8 nitrogen and oxygen atoms in total. The number of carbonyl (C=O) groups excluding carboxylic acids is 1. The van der Waals surface area contributed by atoms with E-state index in [1.165, 1.54) is 35.6 Å². The average Bonchev–Trinajstić information content (AvgIpc) is 3.67. The number of rotatable bonds is 9. The molecule has 3 heterocycles. The number of allylic oxidation sites excluding steroid dienone is 4. The monoisotopic (exact) mass is 626 g/mol. The van der Waals surface area contributed by atoms with E-state index in [0.717, 1.165) is 43.7 Å². The first-order chi connectivity index (χ1) is 22.4. The summed E-state index contributed by atoms with van der Waals surface area (Å²) in [4.78, 5) is 27.0. The Hall–Kier alpha value is -4.60. The Bertz CT molecular complexity index is 1670. The van der Waals surface area contributed by atoms with Gasteiger partial charge in [-0.25, -0.2) is 18.4 Å². The maximum atomic E-state index is 13.7. The van der Waals surface area contributed by atoms with E-state index in [1.807, 2.05) is 4.90 Å². The topological polar surface area (TPSA) is 75.9 Å². The summed E-state index contributed by atoms with van der Waals surface area (Å²) < 4.78 is 35.2. The van der Waals surface area contributed by atoms with Gasteiger partial charge in [-0.15, -0.1) is 5.10 Å². The van der Waals surface area contributed by atoms with Crippen molar-refractivity contribution in [2.45, 2.75) is 46.1 Å². The molecule has 1 amide bonds. The second-order valence-electron chi connectivity index (χ2n) is 12.1. The maximum Gasteiger partial charge on any atom is 0.244 e. The zero-order valence-corrected chi connectivity index (χ0v) is 26.5. The van der Waals surface area contributed by atoms with Gasteiger partial charge in [-0.2, -0.15) is 0 Å². The van der Waals surface area contributed by atoms with Crippen molar-refractivity contribution in [3.63, 3.8) is 0 Å². The van der Waals surface area contributed by atoms with E-state index in [-0.39, 0.29) is 24.1 Å². The SMILES string of the molecule is CCC1=CCCC=C(N2CCN(C(=O)Cn3nc(-c4ccc(F)cc4)nc3-c3ccc(F)cc3)CC2)C=C1OCC1CN=C(C)C1. The molecule has 10 heteroatoms. The maximum absolute atomic E-state index is 13.7. The number of hydrogen-bond acceptors (Lipinski definition) is 6. The van der Waals surface area contributed by atoms with Gasteiger partial charge < -0.3 is 14.5 Å². The smallest absolute Gasteiger partial charge is 0.244 e. The van der Waals surface area contributed by atoms with Gasteiger partial charge in [0.25, 0.3) is 0 Å². The van der Waals surface area contributed by atoms with Crippen LogP contribution in [0, 0.1) is 17.6 Å². The first kappa shape index (κ1) is 31.4. The van der Waals surface area contributed by atoms with Gasteiger partial charge >= 0.3 is 0 Å². The molecule has 2 aromatic carbocycles. The third-order valence-corrected chi connectivity index (χ3v) is 8.72. The summed E-state index contributed by atoms with van der Waals surface area (Å²) in [5.74, 6) is 1.38. The number of ether oxygens (including phenoxy) is 1. The fraction of sp³-hybridized carbons (Fsp3) is 0.389. The zero-order valence-electron chi connectivity index (χ0n) is 26.5. The van der Waals surface area contributed by atoms with E-state index >= 15 is 0 Å². The van der Waals surface area contributed by atoms with Gasteiger partial charge in [-0.1, -0.05) is 19.1 Å². The molecule has 0 spiro atoms. The predicted octanol–water partition coefficient (Wildman–Crippen LogP) is 6.43. The lowest BCUT2D eigenvalue weighted by Crippen LogP contribution is -2.49. The normalized spacial score (nSPS) is 18.7. The molecule has 3 aromatic rings. The van der Waals surface area contributed by atoms with Crippen LogP contribution in [0.5, 0.6) is 0 Å². The Morgan fingerprint density at radius 1 is 0.935 bits per heavy atom. The van der Waals surface area contributed by atoms with E-state index in [9.17, 15) is 13.6 Å². The first-order valence-electron chi connectivity index (χ1n) is 16.1. The van der Waals surface area contributed by atoms with Crippen molar-refractivity contribution in [1.29, 1.82) is 0 Å². The molecule has 3 aliphatic rings. The lowest BCUT2D eigenvalue weighted by Gasteiger charge is -2.37. The Kier molecular flexibility index (Phi) is 9.71. The number of benzene rings is 2. The van der Waals surface area contributed by atoms with E-state index in [2.05, 4.69) is 52.1 Å². The van der Waals surface area contributed by atoms with Crippen molar-refractivity contribution in [3.8, 4) is 22.8 Å². The largest absolute Gasteiger partial charge is 0.493 e. The zero-order chi connectivity index (χ0) is 32.0. The number of aliphatic imine (C=N–C) groups is 1. The lowest BCUT2D eigenvalue weighted by atomic mass is 10.0. The van der Waals surface area contributed by atoms with Crippen LogP contribution in [0.25, 0.3) is 22.8 Å². The molecule has 1 saturated heterocycles. The Balaban J connectivity index is 1.14. The van der Waals surface area contributed by atoms with Crippen molar-refractivity contribution in [2.75, 3.05) is 39.3 Å². The first-order valence-corrected chi connectivity index (χ1v) is 16.1. The van der Waals surface area contributed by atoms with Gasteiger partial charge in [0.1, 0.15) is 23.9 Å². The number of hydrogen-bond donors (Lipinski definition) is 0. The number of aromatic nitrogens is 3. The summed E-state index contributed by atoms with van der Waals surface area (Å²) in [5.41, 5.74) is 4.83. The summed E-state index contributed by atoms with van der Waals surface area (Å²) in [6.45, 7) is 8.26. The fourth-order valence-corrected chi connectivity index (χ4v) is 6.13. The van der Waals surface area contributed by atoms with E-state index < -0.39 is 0 Å². The van der Waals surface area contributed by atoms with Gasteiger partial charge in [0.2, 0.25) is 5.91 Å². The lowest BCUT2D eigenvalue weighted by molar-refractivity contribution is -0.133. The summed E-state index contributed by atoms with van der Waals surface area (Å²) >= 11 is 0. The molecule has 6 rings (SSSR count). The molecule has 1 aliphatic carbocycles. The number of amides is 1. The van der Waals surface area contributed by atoms with Gasteiger partial charge in [-0.05, 0) is 86.7 Å². The highest BCUT2D eigenvalue weighted by Gasteiger charge is 2.25. The molecular formula is C36H40F2N6O2. The second-order valence-corrected chi connectivity index (χ2v) is 12.1. The summed E-state index contributed by atoms with van der Waals surface area (Å²) in [7, 11) is 0. The average molecular weight is 627 g/mol. The Morgan fingerprint density at radius 2 is 1.61 bits per heavy atom. The Morgan fingerprint density at radius 3 is 2.26 bits per heavy atom. The van der Waals surface area contributed by atoms with Crippen LogP contribution >= 0.6 is 0 Å². The fourth-order valence-electron chi connectivity index (χ4n) is 6.13. The van der Waals surface area contributed by atoms with Crippen molar-refractivity contribution < 1.29 is 18.3 Å². The molecule has 240 valence electrons. The minimum absolute atomic E-state index is 0.0174. The summed E-state index contributed by atoms with van der Waals surface area (Å²) in [6, 6.07) is 11.8. The second kappa shape index (κ2) is 14.2. The molecule has 2 aliphatic heterocycles. The van der Waals surface area contributed by atoms with E-state index in [1.54, 1.807) is 28.9 Å². The molecule has 0 radical (unpaired) electrons. The van der Waals surface area contributed by atoms with Crippen LogP contribution in [0.1, 0.15) is 39.5 Å². The van der Waals surface area contributed by atoms with Gasteiger partial charge in [-0.3, -0.25) is 9.79 Å². The van der Waals surface area contributed by atoms with Gasteiger partial charge in [0.05, 0.1) is 6.61 Å². The number of nitrogens with zero attached hydrogens (tertiary/aromatic N) is 6. The molecular weight excluding hydrogens is 586 g/mol. The van der Waals surface area contributed by atoms with Crippen LogP contribution in [0.2, 0.25) is 0 Å². The van der Waals surface area contributed by atoms with Crippen molar-refractivity contribution in [1.82, 2.24) is 24.6 Å². The molecule has 0 saturated carbocycles. The minimum atomic E-state index is -0.365. The van der Waals surface area contributed by atoms with Crippen LogP contribution < -0.4 is 0 Å². The van der Waals surface area contributed by atoms with Crippen LogP contribution in [0.4, 0.5) is 8.78 Å². The van der Waals surface area contributed by atoms with Crippen molar-refractivity contribution in [2.24, 2.45) is 10.9 Å². The highest BCUT2D eigenvalue weighted by molar-refractivity contribution is 5.83. The molecule has 1 atom stereocenters. The van der Waals surface area contributed by atoms with E-state index in [0.29, 0.717) is 61.5 Å². The van der Waals surface area contributed by atoms with Crippen LogP contribution in [-0.4, -0.2) is 75.5 Å². The van der Waals surface area contributed by atoms with Gasteiger partial charge in [0, 0.05) is 67.3 Å². The van der Waals surface area contributed by atoms with Crippen molar-refractivity contribution in [3.05, 3.63) is 95.4 Å². The molecule has 46 heavy (non-hydrogen) atoms. The van der Waals surface area contributed by atoms with Crippen molar-refractivity contribution >= 4 is 11.6 Å². The third-order valence-electron chi connectivity index (χ3n) is 8.72. The number of carbonyl (C=O) groups is 1. The highest BCUT2D eigenvalue weighted by atomic mass is 19.1. The third kappa shape index (κ3) is 7.43. The summed E-state index contributed by atoms with van der Waals surface area (Å²) in [6.07, 6.45) is 10.6. The predicted molar refractivity (Wildman–Crippen MR) is 175 cm³/mol. The molecule has 1 unspecified atom stereocenters. The minimum Gasteiger partial charge on any atom is -0.493 e. The van der Waals surface area contributed by atoms with E-state index in [4.69, 9.17) is 4.74 Å². The van der Waals surface area contributed by atoms with Gasteiger partial charge in [0.15, 0.2) is 11.6 Å². The number of halogens is 2. The van der Waals surface area contributed by atoms with Crippen LogP contribution in [-0.2, 0) is 16.1 Å². The highest BCUT2D eigenvalue weighted by Crippen LogP contribution is 2.27. The van der Waals surface area contributed by atoms with Crippen LogP contribution in [0.15, 0.2) is 88.8 Å². The molecule has 1 fully saturated rings. The number of piperazine rings is 1. The Labute approximate surface area is 268 Å². The molecule has 0 N–H and O–H groups in total. The molecule has 1 aromatic heterocycles. The summed E-state index contributed by atoms with van der Waals surface area (Å²) in [5, 5.41) is 4.61. The quantitative estimate of drug-likeness (QED) is 0.274.